The molecule has 0 saturated heterocycles. The lowest BCUT2D eigenvalue weighted by molar-refractivity contribution is 0.0938. The molecule has 1 unspecified atom stereocenters. The van der Waals surface area contributed by atoms with Crippen molar-refractivity contribution in [3.8, 4) is 0 Å². The normalized spacial score (nSPS) is 12.2. The van der Waals surface area contributed by atoms with Gasteiger partial charge < -0.3 is 10.2 Å². The van der Waals surface area contributed by atoms with E-state index < -0.39 is 0 Å². The Hall–Kier alpha value is -2.13. The molecule has 0 radical (unpaired) electrons. The Labute approximate surface area is 133 Å². The molecule has 0 heterocycles. The number of nitrogens with zero attached hydrogens (tertiary/aromatic N) is 1. The fourth-order valence-electron chi connectivity index (χ4n) is 2.65. The number of carbonyl (C=O) groups is 1. The topological polar surface area (TPSA) is 32.3 Å². The molecule has 0 aliphatic carbocycles. The van der Waals surface area contributed by atoms with Gasteiger partial charge in [-0.1, -0.05) is 42.5 Å². The summed E-state index contributed by atoms with van der Waals surface area (Å²) in [7, 11) is 4.01. The van der Waals surface area contributed by atoms with Gasteiger partial charge in [0.15, 0.2) is 0 Å². The van der Waals surface area contributed by atoms with Crippen molar-refractivity contribution in [2.75, 3.05) is 14.1 Å². The Bertz CT molecular complexity index is 649. The third kappa shape index (κ3) is 3.95. The number of amides is 1. The number of carbonyl (C=O) groups excluding carboxylic acids is 1. The number of nitrogens with one attached hydrogen (secondary N) is 1. The molecule has 1 N–H and O–H groups in total. The van der Waals surface area contributed by atoms with Gasteiger partial charge in [-0.05, 0) is 50.7 Å². The van der Waals surface area contributed by atoms with E-state index in [2.05, 4.69) is 29.3 Å². The summed E-state index contributed by atoms with van der Waals surface area (Å²) in [6.07, 6.45) is 0. The second-order valence-electron chi connectivity index (χ2n) is 5.95. The molecule has 116 valence electrons. The molecule has 3 nitrogen and oxygen atoms in total. The van der Waals surface area contributed by atoms with E-state index in [4.69, 9.17) is 0 Å². The average molecular weight is 296 g/mol. The van der Waals surface area contributed by atoms with Crippen LogP contribution in [0, 0.1) is 6.92 Å². The average Bonchev–Trinajstić information content (AvgIpc) is 2.47. The van der Waals surface area contributed by atoms with Crippen LogP contribution in [-0.2, 0) is 6.54 Å². The van der Waals surface area contributed by atoms with Crippen molar-refractivity contribution < 1.29 is 4.79 Å². The van der Waals surface area contributed by atoms with Crippen LogP contribution >= 0.6 is 0 Å². The molecule has 0 bridgehead atoms. The number of benzene rings is 2. The molecular weight excluding hydrogens is 272 g/mol. The Balaban J connectivity index is 2.17. The molecule has 0 spiro atoms. The highest BCUT2D eigenvalue weighted by molar-refractivity contribution is 5.95. The summed E-state index contributed by atoms with van der Waals surface area (Å²) >= 11 is 0. The maximum absolute atomic E-state index is 12.6. The molecule has 0 aromatic heterocycles. The van der Waals surface area contributed by atoms with Gasteiger partial charge in [-0.25, -0.2) is 0 Å². The van der Waals surface area contributed by atoms with Gasteiger partial charge in [0, 0.05) is 12.1 Å². The van der Waals surface area contributed by atoms with Gasteiger partial charge >= 0.3 is 0 Å². The third-order valence-electron chi connectivity index (χ3n) is 3.75. The predicted octanol–water partition coefficient (Wildman–Crippen LogP) is 3.55. The fraction of sp³-hybridized carbons (Fsp3) is 0.316. The zero-order valence-electron chi connectivity index (χ0n) is 13.8. The van der Waals surface area contributed by atoms with Gasteiger partial charge in [-0.2, -0.15) is 0 Å². The van der Waals surface area contributed by atoms with E-state index in [1.54, 1.807) is 0 Å². The molecule has 2 rings (SSSR count). The van der Waals surface area contributed by atoms with Gasteiger partial charge in [0.2, 0.25) is 0 Å². The van der Waals surface area contributed by atoms with Crippen molar-refractivity contribution in [1.29, 1.82) is 0 Å². The smallest absolute Gasteiger partial charge is 0.252 e. The van der Waals surface area contributed by atoms with E-state index in [0.717, 1.165) is 23.2 Å². The zero-order valence-corrected chi connectivity index (χ0v) is 13.8. The van der Waals surface area contributed by atoms with Crippen LogP contribution in [0.2, 0.25) is 0 Å². The lowest BCUT2D eigenvalue weighted by atomic mass is 10.0. The number of hydrogen-bond donors (Lipinski definition) is 1. The van der Waals surface area contributed by atoms with E-state index in [1.807, 2.05) is 57.4 Å². The van der Waals surface area contributed by atoms with Gasteiger partial charge in [0.05, 0.1) is 6.04 Å². The van der Waals surface area contributed by atoms with Crippen molar-refractivity contribution in [1.82, 2.24) is 10.2 Å². The first-order valence-electron chi connectivity index (χ1n) is 7.58. The van der Waals surface area contributed by atoms with Crippen LogP contribution in [0.25, 0.3) is 0 Å². The highest BCUT2D eigenvalue weighted by atomic mass is 16.1. The van der Waals surface area contributed by atoms with Crippen LogP contribution in [0.5, 0.6) is 0 Å². The molecule has 22 heavy (non-hydrogen) atoms. The minimum atomic E-state index is -0.0202. The van der Waals surface area contributed by atoms with Crippen molar-refractivity contribution >= 4 is 5.91 Å². The lowest BCUT2D eigenvalue weighted by Gasteiger charge is -2.19. The molecule has 2 aromatic rings. The minimum Gasteiger partial charge on any atom is -0.345 e. The maximum atomic E-state index is 12.6. The minimum absolute atomic E-state index is 0.0129. The highest BCUT2D eigenvalue weighted by Crippen LogP contribution is 2.18. The Kier molecular flexibility index (Phi) is 5.34. The van der Waals surface area contributed by atoms with Gasteiger partial charge in [-0.3, -0.25) is 4.79 Å². The molecule has 0 aliphatic heterocycles. The predicted molar refractivity (Wildman–Crippen MR) is 90.9 cm³/mol. The van der Waals surface area contributed by atoms with E-state index in [-0.39, 0.29) is 11.9 Å². The van der Waals surface area contributed by atoms with Crippen LogP contribution in [0.3, 0.4) is 0 Å². The van der Waals surface area contributed by atoms with Crippen LogP contribution in [0.15, 0.2) is 48.5 Å². The van der Waals surface area contributed by atoms with Crippen molar-refractivity contribution in [3.63, 3.8) is 0 Å². The quantitative estimate of drug-likeness (QED) is 0.915. The summed E-state index contributed by atoms with van der Waals surface area (Å²) in [6.45, 7) is 4.84. The largest absolute Gasteiger partial charge is 0.345 e. The van der Waals surface area contributed by atoms with Gasteiger partial charge in [0.1, 0.15) is 0 Å². The molecule has 1 amide bonds. The summed E-state index contributed by atoms with van der Waals surface area (Å²) in [6, 6.07) is 15.9. The SMILES string of the molecule is Cc1ccccc1C(C)NC(=O)c1ccccc1CN(C)C. The highest BCUT2D eigenvalue weighted by Gasteiger charge is 2.15. The summed E-state index contributed by atoms with van der Waals surface area (Å²) in [5.41, 5.74) is 4.14. The van der Waals surface area contributed by atoms with Crippen molar-refractivity contribution in [2.24, 2.45) is 0 Å². The first-order valence-corrected chi connectivity index (χ1v) is 7.58. The molecular formula is C19H24N2O. The maximum Gasteiger partial charge on any atom is 0.252 e. The second-order valence-corrected chi connectivity index (χ2v) is 5.95. The standard InChI is InChI=1S/C19H24N2O/c1-14-9-5-7-11-17(14)15(2)20-19(22)18-12-8-6-10-16(18)13-21(3)4/h5-12,15H,13H2,1-4H3,(H,20,22). The zero-order chi connectivity index (χ0) is 16.1. The summed E-state index contributed by atoms with van der Waals surface area (Å²) in [4.78, 5) is 14.7. The second kappa shape index (κ2) is 7.23. The summed E-state index contributed by atoms with van der Waals surface area (Å²) in [5, 5.41) is 3.11. The monoisotopic (exact) mass is 296 g/mol. The Morgan fingerprint density at radius 1 is 1.09 bits per heavy atom. The first-order chi connectivity index (χ1) is 10.5. The van der Waals surface area contributed by atoms with E-state index in [1.165, 1.54) is 5.56 Å². The summed E-state index contributed by atoms with van der Waals surface area (Å²) in [5.74, 6) is -0.0202. The summed E-state index contributed by atoms with van der Waals surface area (Å²) < 4.78 is 0. The molecule has 0 saturated carbocycles. The molecule has 2 aromatic carbocycles. The molecule has 0 aliphatic rings. The lowest BCUT2D eigenvalue weighted by Crippen LogP contribution is -2.28. The number of aryl methyl sites for hydroxylation is 1. The van der Waals surface area contributed by atoms with Crippen LogP contribution in [-0.4, -0.2) is 24.9 Å². The van der Waals surface area contributed by atoms with E-state index in [9.17, 15) is 4.79 Å². The van der Waals surface area contributed by atoms with Gasteiger partial charge in [0.25, 0.3) is 5.91 Å². The van der Waals surface area contributed by atoms with E-state index in [0.29, 0.717) is 0 Å². The van der Waals surface area contributed by atoms with Crippen LogP contribution in [0.1, 0.15) is 40.0 Å². The third-order valence-corrected chi connectivity index (χ3v) is 3.75. The molecule has 0 fully saturated rings. The van der Waals surface area contributed by atoms with Crippen LogP contribution < -0.4 is 5.32 Å². The Morgan fingerprint density at radius 2 is 1.73 bits per heavy atom. The number of rotatable bonds is 5. The fourth-order valence-corrected chi connectivity index (χ4v) is 2.65. The Morgan fingerprint density at radius 3 is 2.41 bits per heavy atom. The van der Waals surface area contributed by atoms with Crippen molar-refractivity contribution in [2.45, 2.75) is 26.4 Å². The first kappa shape index (κ1) is 16.2. The van der Waals surface area contributed by atoms with Crippen molar-refractivity contribution in [3.05, 3.63) is 70.8 Å². The van der Waals surface area contributed by atoms with Crippen LogP contribution in [0.4, 0.5) is 0 Å². The molecule has 1 atom stereocenters. The molecule has 3 heteroatoms. The number of hydrogen-bond acceptors (Lipinski definition) is 2. The van der Waals surface area contributed by atoms with Gasteiger partial charge in [-0.15, -0.1) is 0 Å². The van der Waals surface area contributed by atoms with E-state index >= 15 is 0 Å².